The first-order valence-electron chi connectivity index (χ1n) is 21.5. The van der Waals surface area contributed by atoms with E-state index in [1.807, 2.05) is 44.0 Å². The van der Waals surface area contributed by atoms with E-state index >= 15 is 0 Å². The van der Waals surface area contributed by atoms with Crippen molar-refractivity contribution in [1.82, 2.24) is 15.5 Å². The van der Waals surface area contributed by atoms with E-state index in [0.29, 0.717) is 72.8 Å². The first-order valence-corrected chi connectivity index (χ1v) is 23.9. The highest BCUT2D eigenvalue weighted by Crippen LogP contribution is 2.58. The predicted octanol–water partition coefficient (Wildman–Crippen LogP) is 5.36. The number of ether oxygens (including phenoxy) is 2. The van der Waals surface area contributed by atoms with Gasteiger partial charge in [0.2, 0.25) is 5.91 Å². The van der Waals surface area contributed by atoms with Gasteiger partial charge in [-0.05, 0) is 88.4 Å². The Morgan fingerprint density at radius 1 is 1.22 bits per heavy atom. The molecule has 9 rings (SSSR count). The Balaban J connectivity index is 1.18. The average Bonchev–Trinajstić information content (AvgIpc) is 3.84. The van der Waals surface area contributed by atoms with Gasteiger partial charge in [-0.3, -0.25) is 4.79 Å². The molecule has 14 heteroatoms. The van der Waals surface area contributed by atoms with Crippen molar-refractivity contribution in [3.63, 3.8) is 0 Å². The van der Waals surface area contributed by atoms with Crippen molar-refractivity contribution in [2.24, 2.45) is 23.5 Å². The number of nitrogens with zero attached hydrogens (tertiary/aromatic N) is 1. The van der Waals surface area contributed by atoms with Gasteiger partial charge in [0.1, 0.15) is 17.6 Å². The maximum Gasteiger partial charge on any atom is 0.340 e. The van der Waals surface area contributed by atoms with Crippen LogP contribution in [0.1, 0.15) is 83.3 Å². The molecule has 12 nitrogen and oxygen atoms in total. The molecule has 1 aromatic carbocycles. The number of carbonyl (C=O) groups excluding carboxylic acids is 3. The van der Waals surface area contributed by atoms with Crippen molar-refractivity contribution in [3.8, 4) is 5.75 Å². The van der Waals surface area contributed by atoms with E-state index in [1.165, 1.54) is 0 Å². The number of dihydropyridines is 1. The second kappa shape index (κ2) is 15.7. The van der Waals surface area contributed by atoms with Crippen LogP contribution in [0.2, 0.25) is 0 Å². The molecule has 60 heavy (non-hydrogen) atoms. The van der Waals surface area contributed by atoms with E-state index in [4.69, 9.17) is 19.6 Å². The molecule has 0 radical (unpaired) electrons. The third-order valence-electron chi connectivity index (χ3n) is 15.1. The van der Waals surface area contributed by atoms with Crippen LogP contribution in [0.15, 0.2) is 73.8 Å². The molecule has 5 heterocycles. The fourth-order valence-corrected chi connectivity index (χ4v) is 14.9. The molecule has 4 aliphatic heterocycles. The summed E-state index contributed by atoms with van der Waals surface area (Å²) in [6, 6.07) is 5.85. The number of rotatable bonds is 7. The highest BCUT2D eigenvalue weighted by Gasteiger charge is 2.64. The van der Waals surface area contributed by atoms with E-state index in [2.05, 4.69) is 16.7 Å². The molecule has 1 saturated heterocycles. The maximum atomic E-state index is 14.5. The van der Waals surface area contributed by atoms with Crippen molar-refractivity contribution >= 4 is 50.7 Å². The number of aliphatic hydroxyl groups is 1. The monoisotopic (exact) mass is 856 g/mol. The molecule has 8 unspecified atom stereocenters. The SMILES string of the molecule is CC=C(C)C(=O)OC1(C)CC=C2CSSC3CC(C=O)C(NC)C4CN(C(=O)CC5=C(C=C(N)NC5)C2C12Cc1cc5cc(C6(CCO)CCCC6)c(=O)oc5cc1O2)C34. The Bertz CT molecular complexity index is 2310. The molecule has 8 atom stereocenters. The Kier molecular flexibility index (Phi) is 10.8. The molecule has 5 N–H and O–H groups in total. The van der Waals surface area contributed by atoms with E-state index in [1.54, 1.807) is 40.7 Å². The summed E-state index contributed by atoms with van der Waals surface area (Å²) in [6.07, 6.45) is 12.7. The average molecular weight is 857 g/mol. The summed E-state index contributed by atoms with van der Waals surface area (Å²) in [5.41, 5.74) is 8.65. The zero-order valence-corrected chi connectivity index (χ0v) is 36.5. The van der Waals surface area contributed by atoms with Gasteiger partial charge in [-0.1, -0.05) is 52.2 Å². The Morgan fingerprint density at radius 2 is 2.02 bits per heavy atom. The lowest BCUT2D eigenvalue weighted by Gasteiger charge is -2.58. The van der Waals surface area contributed by atoms with Gasteiger partial charge in [-0.15, -0.1) is 0 Å². The number of hydrogen-bond acceptors (Lipinski definition) is 13. The number of fused-ring (bicyclic) bond motifs is 5. The van der Waals surface area contributed by atoms with E-state index < -0.39 is 34.1 Å². The summed E-state index contributed by atoms with van der Waals surface area (Å²) in [6.45, 7) is 6.46. The zero-order valence-electron chi connectivity index (χ0n) is 34.8. The highest BCUT2D eigenvalue weighted by atomic mass is 33.1. The first-order chi connectivity index (χ1) is 28.9. The summed E-state index contributed by atoms with van der Waals surface area (Å²) in [4.78, 5) is 56.5. The van der Waals surface area contributed by atoms with Crippen LogP contribution >= 0.6 is 21.6 Å². The summed E-state index contributed by atoms with van der Waals surface area (Å²) in [5, 5.41) is 17.6. The number of aldehydes is 1. The predicted molar refractivity (Wildman–Crippen MR) is 233 cm³/mol. The number of nitrogens with one attached hydrogen (secondary N) is 2. The van der Waals surface area contributed by atoms with Crippen LogP contribution in [0.4, 0.5) is 0 Å². The molecule has 3 fully saturated rings. The highest BCUT2D eigenvalue weighted by molar-refractivity contribution is 8.77. The fourth-order valence-electron chi connectivity index (χ4n) is 11.7. The minimum Gasteiger partial charge on any atom is -0.481 e. The molecule has 1 amide bonds. The lowest BCUT2D eigenvalue weighted by Crippen LogP contribution is -2.71. The van der Waals surface area contributed by atoms with Crippen LogP contribution in [-0.2, 0) is 31.0 Å². The molecule has 3 aliphatic carbocycles. The molecular formula is C46H56N4O8S2. The number of aliphatic hydroxyl groups excluding tert-OH is 1. The molecule has 1 spiro atoms. The molecule has 7 aliphatic rings. The van der Waals surface area contributed by atoms with Crippen LogP contribution in [0.3, 0.4) is 0 Å². The number of hydrogen-bond donors (Lipinski definition) is 4. The maximum absolute atomic E-state index is 14.5. The molecule has 2 saturated carbocycles. The van der Waals surface area contributed by atoms with Gasteiger partial charge in [-0.2, -0.15) is 0 Å². The Labute approximate surface area is 358 Å². The quantitative estimate of drug-likeness (QED) is 0.0701. The van der Waals surface area contributed by atoms with Crippen molar-refractivity contribution in [2.45, 2.75) is 113 Å². The first kappa shape index (κ1) is 41.4. The van der Waals surface area contributed by atoms with Gasteiger partial charge < -0.3 is 45.1 Å². The Hall–Kier alpha value is -3.98. The topological polar surface area (TPSA) is 173 Å². The van der Waals surface area contributed by atoms with E-state index in [9.17, 15) is 24.3 Å². The summed E-state index contributed by atoms with van der Waals surface area (Å²) >= 11 is 0. The van der Waals surface area contributed by atoms with Crippen molar-refractivity contribution in [2.75, 3.05) is 32.5 Å². The van der Waals surface area contributed by atoms with Gasteiger partial charge in [0.25, 0.3) is 0 Å². The lowest BCUT2D eigenvalue weighted by atomic mass is 9.61. The van der Waals surface area contributed by atoms with Crippen molar-refractivity contribution < 1.29 is 33.4 Å². The molecule has 0 bridgehead atoms. The largest absolute Gasteiger partial charge is 0.481 e. The third-order valence-corrected chi connectivity index (χ3v) is 17.9. The second-order valence-corrected chi connectivity index (χ2v) is 20.8. The lowest BCUT2D eigenvalue weighted by molar-refractivity contribution is -0.186. The van der Waals surface area contributed by atoms with Crippen LogP contribution in [-0.4, -0.2) is 89.2 Å². The molecular weight excluding hydrogens is 801 g/mol. The number of allylic oxidation sites excluding steroid dienone is 2. The molecule has 2 aromatic rings. The smallest absolute Gasteiger partial charge is 0.340 e. The second-order valence-electron chi connectivity index (χ2n) is 18.2. The van der Waals surface area contributed by atoms with Gasteiger partial charge in [0.15, 0.2) is 11.2 Å². The van der Waals surface area contributed by atoms with E-state index in [0.717, 1.165) is 59.6 Å². The third kappa shape index (κ3) is 6.57. The van der Waals surface area contributed by atoms with Crippen molar-refractivity contribution in [3.05, 3.63) is 86.1 Å². The number of carbonyl (C=O) groups is 3. The minimum absolute atomic E-state index is 0.0101. The molecule has 1 aromatic heterocycles. The number of esters is 1. The fraction of sp³-hybridized carbons (Fsp3) is 0.565. The van der Waals surface area contributed by atoms with Crippen molar-refractivity contribution in [1.29, 1.82) is 0 Å². The van der Waals surface area contributed by atoms with Gasteiger partial charge in [0.05, 0.1) is 24.2 Å². The van der Waals surface area contributed by atoms with Crippen LogP contribution in [0, 0.1) is 17.8 Å². The van der Waals surface area contributed by atoms with Crippen LogP contribution < -0.4 is 26.7 Å². The summed E-state index contributed by atoms with van der Waals surface area (Å²) in [7, 11) is 5.41. The summed E-state index contributed by atoms with van der Waals surface area (Å²) in [5.74, 6) is 0.821. The minimum atomic E-state index is -1.20. The zero-order chi connectivity index (χ0) is 42.1. The van der Waals surface area contributed by atoms with Crippen LogP contribution in [0.5, 0.6) is 5.75 Å². The van der Waals surface area contributed by atoms with Gasteiger partial charge in [-0.25, -0.2) is 9.59 Å². The van der Waals surface area contributed by atoms with Gasteiger partial charge >= 0.3 is 11.6 Å². The van der Waals surface area contributed by atoms with E-state index in [-0.39, 0.29) is 48.1 Å². The number of nitrogens with two attached hydrogens (primary N) is 1. The number of amides is 1. The molecule has 320 valence electrons. The number of benzene rings is 1. The van der Waals surface area contributed by atoms with Gasteiger partial charge in [0, 0.05) is 89.4 Å². The summed E-state index contributed by atoms with van der Waals surface area (Å²) < 4.78 is 20.1. The normalized spacial score (nSPS) is 33.5. The standard InChI is InChI=1S/C46H56N4O8S2/c1-5-25(2)42(54)58-44(3)11-8-26-24-59-60-36-16-30(23-52)40(48-4)32-22-50(41(32)36)38(53)17-29-21-49-37(47)18-31(29)39(26)46(44)20-28-14-27-15-33(45(12-13-51)9-6-7-10-45)43(55)56-34(27)19-35(28)57-46/h5,8,14-15,18-19,23,30,32,36,39-41,48-49,51H,6-7,9-13,16-17,20-22,24,47H2,1-4H3. The van der Waals surface area contributed by atoms with Crippen LogP contribution in [0.25, 0.3) is 11.0 Å². The Morgan fingerprint density at radius 3 is 2.75 bits per heavy atom.